The van der Waals surface area contributed by atoms with Crippen LogP contribution in [-0.2, 0) is 0 Å². The third kappa shape index (κ3) is 4.83. The molecule has 252 valence electrons. The van der Waals surface area contributed by atoms with E-state index in [-0.39, 0.29) is 0 Å². The quantitative estimate of drug-likeness (QED) is 0.180. The molecule has 3 heterocycles. The van der Waals surface area contributed by atoms with Gasteiger partial charge in [0.25, 0.3) is 0 Å². The van der Waals surface area contributed by atoms with E-state index in [2.05, 4.69) is 138 Å². The van der Waals surface area contributed by atoms with Crippen LogP contribution < -0.4 is 0 Å². The molecule has 11 rings (SSSR count). The highest BCUT2D eigenvalue weighted by Gasteiger charge is 2.23. The summed E-state index contributed by atoms with van der Waals surface area (Å²) >= 11 is 0. The van der Waals surface area contributed by atoms with E-state index < -0.39 is 0 Å². The van der Waals surface area contributed by atoms with E-state index in [0.717, 1.165) is 66.5 Å². The van der Waals surface area contributed by atoms with Gasteiger partial charge in [0.05, 0.1) is 16.7 Å². The van der Waals surface area contributed by atoms with Gasteiger partial charge in [0.1, 0.15) is 11.2 Å². The SMILES string of the molecule is c1ccc(-c2ccc(-c3nc(-c4ccccc4)nc(-c4cc5c(cc4-n4c6ccccc6c6c7ccccc7ccc64)oc4ccccc45)n3)cc2)cc1. The molecule has 11 aromatic rings. The van der Waals surface area contributed by atoms with Crippen LogP contribution in [0.25, 0.3) is 105 Å². The molecule has 0 spiro atoms. The number of fused-ring (bicyclic) bond motifs is 8. The lowest BCUT2D eigenvalue weighted by Gasteiger charge is -2.15. The van der Waals surface area contributed by atoms with Crippen LogP contribution >= 0.6 is 0 Å². The normalized spacial score (nSPS) is 11.7. The van der Waals surface area contributed by atoms with E-state index in [0.29, 0.717) is 17.5 Å². The molecule has 5 nitrogen and oxygen atoms in total. The molecule has 0 saturated heterocycles. The van der Waals surface area contributed by atoms with Crippen molar-refractivity contribution in [1.29, 1.82) is 0 Å². The van der Waals surface area contributed by atoms with Crippen molar-refractivity contribution in [3.8, 4) is 51.0 Å². The zero-order valence-electron chi connectivity index (χ0n) is 29.0. The summed E-state index contributed by atoms with van der Waals surface area (Å²) < 4.78 is 8.89. The van der Waals surface area contributed by atoms with Crippen molar-refractivity contribution < 1.29 is 4.42 Å². The molecule has 8 aromatic carbocycles. The Morgan fingerprint density at radius 1 is 0.370 bits per heavy atom. The molecule has 0 atom stereocenters. The number of para-hydroxylation sites is 2. The maximum atomic E-state index is 6.54. The number of rotatable bonds is 5. The second-order valence-electron chi connectivity index (χ2n) is 13.6. The molecule has 0 fully saturated rings. The zero-order chi connectivity index (χ0) is 35.6. The van der Waals surface area contributed by atoms with Crippen LogP contribution in [0.1, 0.15) is 0 Å². The number of benzene rings is 8. The maximum Gasteiger partial charge on any atom is 0.166 e. The minimum atomic E-state index is 0.583. The van der Waals surface area contributed by atoms with Crippen molar-refractivity contribution in [3.63, 3.8) is 0 Å². The molecular formula is C49H30N4O. The predicted molar refractivity (Wildman–Crippen MR) is 221 cm³/mol. The van der Waals surface area contributed by atoms with E-state index in [1.807, 2.05) is 48.5 Å². The summed E-state index contributed by atoms with van der Waals surface area (Å²) in [7, 11) is 0. The molecule has 0 aliphatic carbocycles. The Balaban J connectivity index is 1.22. The molecule has 0 amide bonds. The molecule has 0 aliphatic rings. The van der Waals surface area contributed by atoms with Gasteiger partial charge in [-0.25, -0.2) is 15.0 Å². The topological polar surface area (TPSA) is 56.7 Å². The minimum absolute atomic E-state index is 0.583. The lowest BCUT2D eigenvalue weighted by atomic mass is 10.0. The van der Waals surface area contributed by atoms with Crippen LogP contribution in [0.15, 0.2) is 186 Å². The van der Waals surface area contributed by atoms with Crippen molar-refractivity contribution in [1.82, 2.24) is 19.5 Å². The molecular weight excluding hydrogens is 661 g/mol. The average Bonchev–Trinajstić information content (AvgIpc) is 3.79. The number of nitrogens with zero attached hydrogens (tertiary/aromatic N) is 4. The zero-order valence-corrected chi connectivity index (χ0v) is 29.0. The molecule has 0 bridgehead atoms. The molecule has 0 N–H and O–H groups in total. The Morgan fingerprint density at radius 3 is 1.72 bits per heavy atom. The lowest BCUT2D eigenvalue weighted by molar-refractivity contribution is 0.668. The molecule has 0 unspecified atom stereocenters. The third-order valence-electron chi connectivity index (χ3n) is 10.5. The van der Waals surface area contributed by atoms with Crippen LogP contribution in [0, 0.1) is 0 Å². The third-order valence-corrected chi connectivity index (χ3v) is 10.5. The van der Waals surface area contributed by atoms with Gasteiger partial charge < -0.3 is 8.98 Å². The second kappa shape index (κ2) is 12.1. The van der Waals surface area contributed by atoms with Crippen LogP contribution in [0.5, 0.6) is 0 Å². The van der Waals surface area contributed by atoms with Crippen LogP contribution in [0.3, 0.4) is 0 Å². The highest BCUT2D eigenvalue weighted by molar-refractivity contribution is 6.21. The predicted octanol–water partition coefficient (Wildman–Crippen LogP) is 12.7. The number of hydrogen-bond acceptors (Lipinski definition) is 4. The van der Waals surface area contributed by atoms with E-state index in [1.165, 1.54) is 21.5 Å². The van der Waals surface area contributed by atoms with Crippen molar-refractivity contribution in [2.45, 2.75) is 0 Å². The van der Waals surface area contributed by atoms with Gasteiger partial charge in [-0.1, -0.05) is 152 Å². The maximum absolute atomic E-state index is 6.54. The fraction of sp³-hybridized carbons (Fsp3) is 0. The largest absolute Gasteiger partial charge is 0.456 e. The Morgan fingerprint density at radius 2 is 0.944 bits per heavy atom. The highest BCUT2D eigenvalue weighted by Crippen LogP contribution is 2.42. The Bertz CT molecular complexity index is 3200. The fourth-order valence-electron chi connectivity index (χ4n) is 7.91. The van der Waals surface area contributed by atoms with Crippen LogP contribution in [-0.4, -0.2) is 19.5 Å². The Labute approximate surface area is 310 Å². The van der Waals surface area contributed by atoms with Crippen LogP contribution in [0.2, 0.25) is 0 Å². The molecule has 5 heteroatoms. The van der Waals surface area contributed by atoms with Gasteiger partial charge in [-0.3, -0.25) is 0 Å². The summed E-state index contributed by atoms with van der Waals surface area (Å²) in [6, 6.07) is 63.2. The first kappa shape index (κ1) is 30.3. The second-order valence-corrected chi connectivity index (χ2v) is 13.6. The molecule has 54 heavy (non-hydrogen) atoms. The Hall–Kier alpha value is -7.37. The van der Waals surface area contributed by atoms with Gasteiger partial charge in [-0.15, -0.1) is 0 Å². The van der Waals surface area contributed by atoms with Gasteiger partial charge in [0.15, 0.2) is 17.5 Å². The monoisotopic (exact) mass is 690 g/mol. The summed E-state index contributed by atoms with van der Waals surface area (Å²) in [5.41, 5.74) is 9.77. The van der Waals surface area contributed by atoms with E-state index in [1.54, 1.807) is 0 Å². The number of hydrogen-bond donors (Lipinski definition) is 0. The fourth-order valence-corrected chi connectivity index (χ4v) is 7.91. The smallest absolute Gasteiger partial charge is 0.166 e. The highest BCUT2D eigenvalue weighted by atomic mass is 16.3. The first-order valence-electron chi connectivity index (χ1n) is 18.1. The lowest BCUT2D eigenvalue weighted by Crippen LogP contribution is -2.04. The van der Waals surface area contributed by atoms with Crippen molar-refractivity contribution in [2.24, 2.45) is 0 Å². The molecule has 0 radical (unpaired) electrons. The van der Waals surface area contributed by atoms with E-state index in [9.17, 15) is 0 Å². The molecule has 3 aromatic heterocycles. The van der Waals surface area contributed by atoms with Crippen molar-refractivity contribution >= 4 is 54.5 Å². The van der Waals surface area contributed by atoms with E-state index >= 15 is 0 Å². The first-order chi connectivity index (χ1) is 26.8. The van der Waals surface area contributed by atoms with Gasteiger partial charge in [-0.2, -0.15) is 0 Å². The standard InChI is InChI=1S/C49H30N4O/c1-3-13-31(14-4-1)32-23-25-35(26-24-32)48-50-47(34-16-5-2-6-17-34)51-49(52-48)40-29-39-37-19-10-12-22-44(37)54-45(39)30-43(40)53-41-21-11-9-20-38(41)46-36-18-8-7-15-33(36)27-28-42(46)53/h1-30H. The molecule has 0 saturated carbocycles. The summed E-state index contributed by atoms with van der Waals surface area (Å²) in [6.07, 6.45) is 0. The van der Waals surface area contributed by atoms with E-state index in [4.69, 9.17) is 19.4 Å². The summed E-state index contributed by atoms with van der Waals surface area (Å²) in [4.78, 5) is 15.6. The minimum Gasteiger partial charge on any atom is -0.456 e. The van der Waals surface area contributed by atoms with Crippen molar-refractivity contribution in [2.75, 3.05) is 0 Å². The van der Waals surface area contributed by atoms with Gasteiger partial charge in [0.2, 0.25) is 0 Å². The summed E-state index contributed by atoms with van der Waals surface area (Å²) in [5, 5.41) is 6.85. The van der Waals surface area contributed by atoms with Gasteiger partial charge in [0, 0.05) is 44.3 Å². The molecule has 0 aliphatic heterocycles. The van der Waals surface area contributed by atoms with Crippen LogP contribution in [0.4, 0.5) is 0 Å². The van der Waals surface area contributed by atoms with Crippen molar-refractivity contribution in [3.05, 3.63) is 182 Å². The summed E-state index contributed by atoms with van der Waals surface area (Å²) in [6.45, 7) is 0. The number of aromatic nitrogens is 4. The first-order valence-corrected chi connectivity index (χ1v) is 18.1. The summed E-state index contributed by atoms with van der Waals surface area (Å²) in [5.74, 6) is 1.80. The Kier molecular flexibility index (Phi) is 6.79. The van der Waals surface area contributed by atoms with Gasteiger partial charge >= 0.3 is 0 Å². The average molecular weight is 691 g/mol. The number of furan rings is 1. The van der Waals surface area contributed by atoms with Gasteiger partial charge in [-0.05, 0) is 46.2 Å².